The van der Waals surface area contributed by atoms with Crippen LogP contribution in [0.4, 0.5) is 8.78 Å². The van der Waals surface area contributed by atoms with Crippen molar-refractivity contribution in [1.82, 2.24) is 4.90 Å². The van der Waals surface area contributed by atoms with Crippen molar-refractivity contribution >= 4 is 5.78 Å². The Kier molecular flexibility index (Phi) is 4.36. The van der Waals surface area contributed by atoms with Gasteiger partial charge in [0.2, 0.25) is 5.92 Å². The summed E-state index contributed by atoms with van der Waals surface area (Å²) in [7, 11) is 0. The average molecular weight is 259 g/mol. The van der Waals surface area contributed by atoms with Gasteiger partial charge in [-0.05, 0) is 51.6 Å². The van der Waals surface area contributed by atoms with Crippen molar-refractivity contribution in [1.29, 1.82) is 0 Å². The van der Waals surface area contributed by atoms with Gasteiger partial charge in [-0.2, -0.15) is 0 Å². The zero-order valence-electron chi connectivity index (χ0n) is 11.1. The van der Waals surface area contributed by atoms with E-state index >= 15 is 0 Å². The Morgan fingerprint density at radius 2 is 1.94 bits per heavy atom. The molecule has 2 fully saturated rings. The van der Waals surface area contributed by atoms with Crippen molar-refractivity contribution in [3.63, 3.8) is 0 Å². The van der Waals surface area contributed by atoms with Gasteiger partial charge in [0.1, 0.15) is 5.78 Å². The summed E-state index contributed by atoms with van der Waals surface area (Å²) in [4.78, 5) is 13.5. The van der Waals surface area contributed by atoms with Crippen molar-refractivity contribution in [2.45, 2.75) is 51.4 Å². The van der Waals surface area contributed by atoms with Crippen molar-refractivity contribution < 1.29 is 13.6 Å². The summed E-state index contributed by atoms with van der Waals surface area (Å²) in [5, 5.41) is 0. The lowest BCUT2D eigenvalue weighted by Crippen LogP contribution is -2.40. The minimum absolute atomic E-state index is 0.0552. The number of likely N-dealkylation sites (tertiary alicyclic amines) is 1. The van der Waals surface area contributed by atoms with Gasteiger partial charge in [0.25, 0.3) is 0 Å². The van der Waals surface area contributed by atoms with E-state index in [-0.39, 0.29) is 30.5 Å². The van der Waals surface area contributed by atoms with Gasteiger partial charge >= 0.3 is 0 Å². The highest BCUT2D eigenvalue weighted by molar-refractivity contribution is 5.78. The molecule has 104 valence electrons. The van der Waals surface area contributed by atoms with Crippen LogP contribution in [0.2, 0.25) is 0 Å². The molecular weight excluding hydrogens is 236 g/mol. The van der Waals surface area contributed by atoms with E-state index in [1.807, 2.05) is 0 Å². The van der Waals surface area contributed by atoms with Gasteiger partial charge in [-0.25, -0.2) is 8.78 Å². The number of hydrogen-bond acceptors (Lipinski definition) is 2. The standard InChI is InChI=1S/C14H23F2NO/c1-11(18)13-4-7-17(8-5-13)10-12-3-2-6-14(15,16)9-12/h12-13H,2-10H2,1H3. The molecule has 0 aromatic heterocycles. The predicted octanol–water partition coefficient (Wildman–Crippen LogP) is 3.11. The Balaban J connectivity index is 1.76. The van der Waals surface area contributed by atoms with Crippen LogP contribution in [0.5, 0.6) is 0 Å². The minimum atomic E-state index is -2.44. The zero-order chi connectivity index (χ0) is 13.2. The maximum Gasteiger partial charge on any atom is 0.248 e. The lowest BCUT2D eigenvalue weighted by atomic mass is 9.85. The van der Waals surface area contributed by atoms with E-state index in [0.717, 1.165) is 38.9 Å². The summed E-state index contributed by atoms with van der Waals surface area (Å²) in [5.41, 5.74) is 0. The van der Waals surface area contributed by atoms with Crippen LogP contribution in [-0.4, -0.2) is 36.2 Å². The molecule has 1 saturated carbocycles. The molecule has 1 aliphatic heterocycles. The third-order valence-corrected chi connectivity index (χ3v) is 4.42. The van der Waals surface area contributed by atoms with Gasteiger partial charge in [-0.3, -0.25) is 4.79 Å². The number of Topliss-reactive ketones (excluding diaryl/α,β-unsaturated/α-hetero) is 1. The fourth-order valence-electron chi connectivity index (χ4n) is 3.32. The van der Waals surface area contributed by atoms with Crippen LogP contribution in [0, 0.1) is 11.8 Å². The van der Waals surface area contributed by atoms with Gasteiger partial charge in [-0.1, -0.05) is 0 Å². The van der Waals surface area contributed by atoms with Gasteiger partial charge in [0.15, 0.2) is 0 Å². The lowest BCUT2D eigenvalue weighted by molar-refractivity contribution is -0.122. The van der Waals surface area contributed by atoms with Crippen LogP contribution in [0.1, 0.15) is 45.4 Å². The number of hydrogen-bond donors (Lipinski definition) is 0. The maximum atomic E-state index is 13.3. The molecule has 2 nitrogen and oxygen atoms in total. The molecule has 1 saturated heterocycles. The zero-order valence-corrected chi connectivity index (χ0v) is 11.1. The molecule has 0 spiro atoms. The van der Waals surface area contributed by atoms with Gasteiger partial charge in [0, 0.05) is 25.3 Å². The summed E-state index contributed by atoms with van der Waals surface area (Å²) >= 11 is 0. The van der Waals surface area contributed by atoms with Crippen molar-refractivity contribution in [2.75, 3.05) is 19.6 Å². The highest BCUT2D eigenvalue weighted by atomic mass is 19.3. The van der Waals surface area contributed by atoms with Gasteiger partial charge in [-0.15, -0.1) is 0 Å². The number of rotatable bonds is 3. The second-order valence-electron chi connectivity index (χ2n) is 6.00. The lowest BCUT2D eigenvalue weighted by Gasteiger charge is -2.36. The second-order valence-corrected chi connectivity index (χ2v) is 6.00. The first-order chi connectivity index (χ1) is 8.46. The Labute approximate surface area is 108 Å². The molecule has 2 aliphatic rings. The molecule has 1 heterocycles. The van der Waals surface area contributed by atoms with Crippen molar-refractivity contribution in [2.24, 2.45) is 11.8 Å². The minimum Gasteiger partial charge on any atom is -0.303 e. The van der Waals surface area contributed by atoms with E-state index in [0.29, 0.717) is 6.42 Å². The smallest absolute Gasteiger partial charge is 0.248 e. The van der Waals surface area contributed by atoms with Crippen molar-refractivity contribution in [3.8, 4) is 0 Å². The van der Waals surface area contributed by atoms with Crippen molar-refractivity contribution in [3.05, 3.63) is 0 Å². The molecule has 0 aromatic rings. The quantitative estimate of drug-likeness (QED) is 0.776. The van der Waals surface area contributed by atoms with E-state index in [1.165, 1.54) is 0 Å². The SMILES string of the molecule is CC(=O)C1CCN(CC2CCCC(F)(F)C2)CC1. The Hall–Kier alpha value is -0.510. The second kappa shape index (κ2) is 5.64. The topological polar surface area (TPSA) is 20.3 Å². The van der Waals surface area contributed by atoms with Crippen LogP contribution in [-0.2, 0) is 4.79 Å². The van der Waals surface area contributed by atoms with Crippen LogP contribution >= 0.6 is 0 Å². The molecule has 4 heteroatoms. The van der Waals surface area contributed by atoms with Gasteiger partial charge < -0.3 is 4.90 Å². The average Bonchev–Trinajstić information content (AvgIpc) is 2.28. The predicted molar refractivity (Wildman–Crippen MR) is 66.8 cm³/mol. The molecular formula is C14H23F2NO. The van der Waals surface area contributed by atoms with Crippen LogP contribution < -0.4 is 0 Å². The number of carbonyl (C=O) groups is 1. The fraction of sp³-hybridized carbons (Fsp3) is 0.929. The first-order valence-corrected chi connectivity index (χ1v) is 7.07. The van der Waals surface area contributed by atoms with Crippen LogP contribution in [0.15, 0.2) is 0 Å². The van der Waals surface area contributed by atoms with E-state index in [2.05, 4.69) is 4.90 Å². The highest BCUT2D eigenvalue weighted by Crippen LogP contribution is 2.37. The van der Waals surface area contributed by atoms with E-state index < -0.39 is 5.92 Å². The highest BCUT2D eigenvalue weighted by Gasteiger charge is 2.37. The summed E-state index contributed by atoms with van der Waals surface area (Å²) < 4.78 is 26.6. The fourth-order valence-corrected chi connectivity index (χ4v) is 3.32. The number of nitrogens with zero attached hydrogens (tertiary/aromatic N) is 1. The Morgan fingerprint density at radius 1 is 1.28 bits per heavy atom. The molecule has 0 aromatic carbocycles. The summed E-state index contributed by atoms with van der Waals surface area (Å²) in [6.45, 7) is 4.24. The summed E-state index contributed by atoms with van der Waals surface area (Å²) in [6.07, 6.45) is 3.51. The molecule has 0 N–H and O–H groups in total. The Bertz CT molecular complexity index is 298. The molecule has 0 radical (unpaired) electrons. The number of piperidine rings is 1. The molecule has 1 aliphatic carbocycles. The first-order valence-electron chi connectivity index (χ1n) is 7.07. The molecule has 0 bridgehead atoms. The Morgan fingerprint density at radius 3 is 2.50 bits per heavy atom. The molecule has 18 heavy (non-hydrogen) atoms. The monoisotopic (exact) mass is 259 g/mol. The maximum absolute atomic E-state index is 13.3. The third kappa shape index (κ3) is 3.74. The number of halogens is 2. The normalized spacial score (nSPS) is 30.3. The molecule has 2 rings (SSSR count). The number of alkyl halides is 2. The first kappa shape index (κ1) is 13.9. The largest absolute Gasteiger partial charge is 0.303 e. The van der Waals surface area contributed by atoms with Gasteiger partial charge in [0.05, 0.1) is 0 Å². The third-order valence-electron chi connectivity index (χ3n) is 4.42. The van der Waals surface area contributed by atoms with Crippen LogP contribution in [0.3, 0.4) is 0 Å². The summed E-state index contributed by atoms with van der Waals surface area (Å²) in [5.74, 6) is -1.82. The van der Waals surface area contributed by atoms with E-state index in [1.54, 1.807) is 6.92 Å². The van der Waals surface area contributed by atoms with E-state index in [9.17, 15) is 13.6 Å². The molecule has 1 unspecified atom stereocenters. The molecule has 0 amide bonds. The number of carbonyl (C=O) groups excluding carboxylic acids is 1. The van der Waals surface area contributed by atoms with Crippen LogP contribution in [0.25, 0.3) is 0 Å². The summed E-state index contributed by atoms with van der Waals surface area (Å²) in [6, 6.07) is 0. The number of ketones is 1. The van der Waals surface area contributed by atoms with E-state index in [4.69, 9.17) is 0 Å². The molecule has 1 atom stereocenters.